The Labute approximate surface area is 107 Å². The summed E-state index contributed by atoms with van der Waals surface area (Å²) in [6, 6.07) is 3.94. The van der Waals surface area contributed by atoms with Crippen molar-refractivity contribution in [1.29, 1.82) is 0 Å². The molecule has 2 saturated heterocycles. The number of hydrogen-bond donors (Lipinski definition) is 1. The van der Waals surface area contributed by atoms with Crippen LogP contribution >= 0.6 is 0 Å². The van der Waals surface area contributed by atoms with Crippen LogP contribution in [-0.4, -0.2) is 33.7 Å². The normalized spacial score (nSPS) is 29.4. The van der Waals surface area contributed by atoms with Gasteiger partial charge >= 0.3 is 0 Å². The Morgan fingerprint density at radius 3 is 2.44 bits per heavy atom. The Hall–Kier alpha value is -0.850. The predicted octanol–water partition coefficient (Wildman–Crippen LogP) is 1.42. The van der Waals surface area contributed by atoms with Gasteiger partial charge in [0.05, 0.1) is 4.90 Å². The molecular formula is C12H14F2N2OS. The van der Waals surface area contributed by atoms with Crippen LogP contribution in [0.2, 0.25) is 0 Å². The lowest BCUT2D eigenvalue weighted by atomic mass is 10.2. The van der Waals surface area contributed by atoms with Gasteiger partial charge in [-0.1, -0.05) is 0 Å². The number of fused-ring (bicyclic) bond motifs is 2. The standard InChI is InChI=1S/C12H14F2N2OS/c13-11-4-3-10(5-12(11)14)18(17)16-8-1-2-9(16)7-15-6-8/h3-5,8-9,15H,1-2,6-7H2/t8-,9?,18?/m1/s1. The van der Waals surface area contributed by atoms with E-state index in [4.69, 9.17) is 0 Å². The minimum atomic E-state index is -1.40. The zero-order valence-corrected chi connectivity index (χ0v) is 10.6. The quantitative estimate of drug-likeness (QED) is 0.883. The molecule has 18 heavy (non-hydrogen) atoms. The number of nitrogens with one attached hydrogen (secondary N) is 1. The third-order valence-corrected chi connectivity index (χ3v) is 5.23. The molecule has 0 aliphatic carbocycles. The topological polar surface area (TPSA) is 32.3 Å². The summed E-state index contributed by atoms with van der Waals surface area (Å²) in [7, 11) is -1.40. The smallest absolute Gasteiger partial charge is 0.160 e. The molecule has 98 valence electrons. The van der Waals surface area contributed by atoms with Crippen LogP contribution in [0.1, 0.15) is 12.8 Å². The maximum Gasteiger partial charge on any atom is 0.160 e. The largest absolute Gasteiger partial charge is 0.314 e. The molecule has 0 aromatic heterocycles. The Bertz CT molecular complexity index is 481. The molecule has 2 fully saturated rings. The molecule has 0 radical (unpaired) electrons. The lowest BCUT2D eigenvalue weighted by Crippen LogP contribution is -2.52. The summed E-state index contributed by atoms with van der Waals surface area (Å²) in [6.07, 6.45) is 2.01. The minimum absolute atomic E-state index is 0.234. The van der Waals surface area contributed by atoms with Crippen LogP contribution in [0.3, 0.4) is 0 Å². The van der Waals surface area contributed by atoms with Gasteiger partial charge in [-0.25, -0.2) is 17.3 Å². The summed E-state index contributed by atoms with van der Waals surface area (Å²) in [5.74, 6) is -1.85. The molecule has 2 unspecified atom stereocenters. The monoisotopic (exact) mass is 272 g/mol. The zero-order chi connectivity index (χ0) is 12.7. The summed E-state index contributed by atoms with van der Waals surface area (Å²) in [6.45, 7) is 1.62. The fourth-order valence-corrected chi connectivity index (χ4v) is 4.25. The predicted molar refractivity (Wildman–Crippen MR) is 64.3 cm³/mol. The second-order valence-corrected chi connectivity index (χ2v) is 6.12. The van der Waals surface area contributed by atoms with Crippen molar-refractivity contribution in [2.45, 2.75) is 29.8 Å². The van der Waals surface area contributed by atoms with Crippen molar-refractivity contribution in [3.05, 3.63) is 29.8 Å². The van der Waals surface area contributed by atoms with E-state index in [0.717, 1.165) is 38.1 Å². The van der Waals surface area contributed by atoms with E-state index in [1.165, 1.54) is 6.07 Å². The summed E-state index contributed by atoms with van der Waals surface area (Å²) < 4.78 is 40.4. The van der Waals surface area contributed by atoms with Crippen molar-refractivity contribution >= 4 is 11.0 Å². The van der Waals surface area contributed by atoms with Gasteiger partial charge in [0, 0.05) is 25.2 Å². The molecule has 2 bridgehead atoms. The van der Waals surface area contributed by atoms with E-state index in [9.17, 15) is 13.0 Å². The highest BCUT2D eigenvalue weighted by atomic mass is 32.2. The second kappa shape index (κ2) is 4.68. The van der Waals surface area contributed by atoms with Gasteiger partial charge in [0.2, 0.25) is 0 Å². The summed E-state index contributed by atoms with van der Waals surface area (Å²) >= 11 is 0. The highest BCUT2D eigenvalue weighted by molar-refractivity contribution is 7.82. The number of halogens is 2. The molecule has 0 saturated carbocycles. The van der Waals surface area contributed by atoms with E-state index in [2.05, 4.69) is 5.32 Å². The first-order valence-electron chi connectivity index (χ1n) is 6.03. The maximum atomic E-state index is 13.2. The Morgan fingerprint density at radius 1 is 1.17 bits per heavy atom. The van der Waals surface area contributed by atoms with Gasteiger partial charge in [-0.15, -0.1) is 0 Å². The molecule has 1 aromatic carbocycles. The minimum Gasteiger partial charge on any atom is -0.314 e. The van der Waals surface area contributed by atoms with E-state index in [1.54, 1.807) is 0 Å². The van der Waals surface area contributed by atoms with Crippen molar-refractivity contribution in [3.8, 4) is 0 Å². The van der Waals surface area contributed by atoms with Crippen LogP contribution in [0.4, 0.5) is 8.78 Å². The SMILES string of the molecule is O=S(c1ccc(F)c(F)c1)N1C2CC[C@@H]1CNC2. The molecule has 0 spiro atoms. The third kappa shape index (κ3) is 1.98. The molecule has 1 aromatic rings. The molecule has 6 heteroatoms. The van der Waals surface area contributed by atoms with Gasteiger partial charge in [-0.3, -0.25) is 0 Å². The Morgan fingerprint density at radius 2 is 1.83 bits per heavy atom. The van der Waals surface area contributed by atoms with E-state index >= 15 is 0 Å². The first-order valence-corrected chi connectivity index (χ1v) is 7.13. The van der Waals surface area contributed by atoms with Crippen molar-refractivity contribution in [1.82, 2.24) is 9.62 Å². The number of piperazine rings is 1. The Balaban J connectivity index is 1.88. The molecule has 0 amide bonds. The number of benzene rings is 1. The molecule has 3 nitrogen and oxygen atoms in total. The first-order chi connectivity index (χ1) is 8.66. The molecule has 1 N–H and O–H groups in total. The van der Waals surface area contributed by atoms with Crippen LogP contribution in [0.5, 0.6) is 0 Å². The van der Waals surface area contributed by atoms with Gasteiger partial charge < -0.3 is 5.32 Å². The van der Waals surface area contributed by atoms with E-state index in [0.29, 0.717) is 4.90 Å². The van der Waals surface area contributed by atoms with Crippen LogP contribution < -0.4 is 5.32 Å². The third-order valence-electron chi connectivity index (χ3n) is 3.60. The highest BCUT2D eigenvalue weighted by Gasteiger charge is 2.40. The molecule has 2 aliphatic heterocycles. The first kappa shape index (κ1) is 12.2. The molecule has 2 aliphatic rings. The average Bonchev–Trinajstić information content (AvgIpc) is 2.61. The molecule has 3 rings (SSSR count). The molecule has 2 heterocycles. The average molecular weight is 272 g/mol. The van der Waals surface area contributed by atoms with Gasteiger partial charge in [-0.05, 0) is 31.0 Å². The summed E-state index contributed by atoms with van der Waals surface area (Å²) in [4.78, 5) is 0.340. The van der Waals surface area contributed by atoms with Gasteiger partial charge in [-0.2, -0.15) is 0 Å². The highest BCUT2D eigenvalue weighted by Crippen LogP contribution is 2.30. The summed E-state index contributed by atoms with van der Waals surface area (Å²) in [5, 5.41) is 3.29. The Kier molecular flexibility index (Phi) is 3.17. The maximum absolute atomic E-state index is 13.2. The lowest BCUT2D eigenvalue weighted by molar-refractivity contribution is 0.276. The number of nitrogens with zero attached hydrogens (tertiary/aromatic N) is 1. The van der Waals surface area contributed by atoms with E-state index in [-0.39, 0.29) is 12.1 Å². The van der Waals surface area contributed by atoms with Gasteiger partial charge in [0.15, 0.2) is 11.6 Å². The van der Waals surface area contributed by atoms with Crippen LogP contribution in [0, 0.1) is 11.6 Å². The molecular weight excluding hydrogens is 258 g/mol. The van der Waals surface area contributed by atoms with Crippen molar-refractivity contribution in [2.24, 2.45) is 0 Å². The van der Waals surface area contributed by atoms with Crippen molar-refractivity contribution < 1.29 is 13.0 Å². The van der Waals surface area contributed by atoms with Crippen molar-refractivity contribution in [2.75, 3.05) is 13.1 Å². The second-order valence-electron chi connectivity index (χ2n) is 4.73. The summed E-state index contributed by atoms with van der Waals surface area (Å²) in [5.41, 5.74) is 0. The van der Waals surface area contributed by atoms with E-state index < -0.39 is 22.6 Å². The number of hydrogen-bond acceptors (Lipinski definition) is 2. The zero-order valence-electron chi connectivity index (χ0n) is 9.73. The van der Waals surface area contributed by atoms with Gasteiger partial charge in [0.25, 0.3) is 0 Å². The van der Waals surface area contributed by atoms with Crippen LogP contribution in [0.25, 0.3) is 0 Å². The molecule has 3 atom stereocenters. The lowest BCUT2D eigenvalue weighted by Gasteiger charge is -2.33. The fourth-order valence-electron chi connectivity index (χ4n) is 2.72. The van der Waals surface area contributed by atoms with Crippen molar-refractivity contribution in [3.63, 3.8) is 0 Å². The van der Waals surface area contributed by atoms with E-state index in [1.807, 2.05) is 4.31 Å². The number of rotatable bonds is 2. The van der Waals surface area contributed by atoms with Gasteiger partial charge in [0.1, 0.15) is 11.0 Å². The fraction of sp³-hybridized carbons (Fsp3) is 0.500. The van der Waals surface area contributed by atoms with Crippen LogP contribution in [0.15, 0.2) is 23.1 Å². The van der Waals surface area contributed by atoms with Crippen LogP contribution in [-0.2, 0) is 11.0 Å².